The van der Waals surface area contributed by atoms with Gasteiger partial charge in [0.2, 0.25) is 0 Å². The van der Waals surface area contributed by atoms with Gasteiger partial charge >= 0.3 is 0 Å². The lowest BCUT2D eigenvalue weighted by Crippen LogP contribution is -2.11. The average molecular weight is 256 g/mol. The standard InChI is InChI=1S/C17H20O2/c1-2-14-8-6-7-11-16(14)17(19-13-12-18)15-9-4-3-5-10-15/h3-11,17-18H,2,12-13H2,1H3. The lowest BCUT2D eigenvalue weighted by Gasteiger charge is -2.21. The van der Waals surface area contributed by atoms with Gasteiger partial charge in [-0.25, -0.2) is 0 Å². The highest BCUT2D eigenvalue weighted by atomic mass is 16.5. The van der Waals surface area contributed by atoms with Crippen molar-refractivity contribution in [1.82, 2.24) is 0 Å². The second-order valence-corrected chi connectivity index (χ2v) is 4.44. The van der Waals surface area contributed by atoms with Crippen LogP contribution in [0.2, 0.25) is 0 Å². The molecule has 0 aromatic heterocycles. The normalized spacial score (nSPS) is 12.3. The molecule has 1 N–H and O–H groups in total. The van der Waals surface area contributed by atoms with Crippen LogP contribution in [0.4, 0.5) is 0 Å². The Labute approximate surface area is 114 Å². The molecular formula is C17H20O2. The Morgan fingerprint density at radius 2 is 1.68 bits per heavy atom. The highest BCUT2D eigenvalue weighted by Gasteiger charge is 2.16. The summed E-state index contributed by atoms with van der Waals surface area (Å²) < 4.78 is 5.86. The molecule has 0 amide bonds. The molecule has 2 rings (SSSR count). The maximum atomic E-state index is 9.01. The van der Waals surface area contributed by atoms with Gasteiger partial charge in [0.1, 0.15) is 6.10 Å². The summed E-state index contributed by atoms with van der Waals surface area (Å²) in [4.78, 5) is 0. The van der Waals surface area contributed by atoms with Gasteiger partial charge in [0, 0.05) is 0 Å². The molecule has 0 aliphatic heterocycles. The maximum Gasteiger partial charge on any atom is 0.108 e. The second-order valence-electron chi connectivity index (χ2n) is 4.44. The third-order valence-electron chi connectivity index (χ3n) is 3.20. The molecule has 2 nitrogen and oxygen atoms in total. The van der Waals surface area contributed by atoms with Crippen LogP contribution < -0.4 is 0 Å². The highest BCUT2D eigenvalue weighted by Crippen LogP contribution is 2.28. The van der Waals surface area contributed by atoms with E-state index in [2.05, 4.69) is 37.3 Å². The molecule has 100 valence electrons. The van der Waals surface area contributed by atoms with Gasteiger partial charge in [-0.3, -0.25) is 0 Å². The van der Waals surface area contributed by atoms with Crippen LogP contribution in [0.25, 0.3) is 0 Å². The predicted octanol–water partition coefficient (Wildman–Crippen LogP) is 3.35. The molecule has 0 fully saturated rings. The first-order valence-corrected chi connectivity index (χ1v) is 6.72. The Kier molecular flexibility index (Phi) is 5.13. The van der Waals surface area contributed by atoms with Crippen LogP contribution in [-0.4, -0.2) is 18.3 Å². The Morgan fingerprint density at radius 3 is 2.37 bits per heavy atom. The average Bonchev–Trinajstić information content (AvgIpc) is 2.49. The number of hydrogen-bond donors (Lipinski definition) is 1. The summed E-state index contributed by atoms with van der Waals surface area (Å²) in [5, 5.41) is 9.01. The molecule has 0 heterocycles. The van der Waals surface area contributed by atoms with Gasteiger partial charge in [-0.1, -0.05) is 61.5 Å². The largest absolute Gasteiger partial charge is 0.394 e. The van der Waals surface area contributed by atoms with Crippen molar-refractivity contribution in [3.8, 4) is 0 Å². The summed E-state index contributed by atoms with van der Waals surface area (Å²) in [6.45, 7) is 2.53. The van der Waals surface area contributed by atoms with Crippen molar-refractivity contribution in [2.24, 2.45) is 0 Å². The fraction of sp³-hybridized carbons (Fsp3) is 0.294. The van der Waals surface area contributed by atoms with Crippen molar-refractivity contribution < 1.29 is 9.84 Å². The highest BCUT2D eigenvalue weighted by molar-refractivity contribution is 5.36. The quantitative estimate of drug-likeness (QED) is 0.859. The lowest BCUT2D eigenvalue weighted by atomic mass is 9.95. The minimum absolute atomic E-state index is 0.0393. The van der Waals surface area contributed by atoms with E-state index in [1.54, 1.807) is 0 Å². The van der Waals surface area contributed by atoms with E-state index in [0.29, 0.717) is 6.61 Å². The van der Waals surface area contributed by atoms with E-state index in [1.807, 2.05) is 24.3 Å². The minimum atomic E-state index is -0.107. The van der Waals surface area contributed by atoms with E-state index in [1.165, 1.54) is 11.1 Å². The molecule has 1 atom stereocenters. The Bertz CT molecular complexity index is 494. The van der Waals surface area contributed by atoms with Crippen molar-refractivity contribution in [2.75, 3.05) is 13.2 Å². The molecule has 0 spiro atoms. The first-order valence-electron chi connectivity index (χ1n) is 6.72. The van der Waals surface area contributed by atoms with Gasteiger partial charge in [-0.15, -0.1) is 0 Å². The zero-order valence-corrected chi connectivity index (χ0v) is 11.3. The van der Waals surface area contributed by atoms with E-state index >= 15 is 0 Å². The molecule has 0 saturated carbocycles. The zero-order chi connectivity index (χ0) is 13.5. The van der Waals surface area contributed by atoms with Gasteiger partial charge in [0.05, 0.1) is 13.2 Å². The number of aliphatic hydroxyl groups is 1. The van der Waals surface area contributed by atoms with E-state index in [9.17, 15) is 0 Å². The molecule has 0 saturated heterocycles. The van der Waals surface area contributed by atoms with Gasteiger partial charge in [0.15, 0.2) is 0 Å². The summed E-state index contributed by atoms with van der Waals surface area (Å²) in [7, 11) is 0. The van der Waals surface area contributed by atoms with E-state index in [-0.39, 0.29) is 12.7 Å². The van der Waals surface area contributed by atoms with Crippen LogP contribution in [0.15, 0.2) is 54.6 Å². The summed E-state index contributed by atoms with van der Waals surface area (Å²) in [5.74, 6) is 0. The van der Waals surface area contributed by atoms with E-state index < -0.39 is 0 Å². The number of ether oxygens (including phenoxy) is 1. The molecular weight excluding hydrogens is 236 g/mol. The van der Waals surface area contributed by atoms with Crippen LogP contribution in [0.5, 0.6) is 0 Å². The van der Waals surface area contributed by atoms with Crippen LogP contribution in [-0.2, 0) is 11.2 Å². The summed E-state index contributed by atoms with van der Waals surface area (Å²) >= 11 is 0. The molecule has 0 radical (unpaired) electrons. The molecule has 2 aromatic rings. The first kappa shape index (κ1) is 13.8. The zero-order valence-electron chi connectivity index (χ0n) is 11.3. The fourth-order valence-corrected chi connectivity index (χ4v) is 2.28. The monoisotopic (exact) mass is 256 g/mol. The van der Waals surface area contributed by atoms with Crippen molar-refractivity contribution in [3.63, 3.8) is 0 Å². The van der Waals surface area contributed by atoms with Gasteiger partial charge in [-0.2, -0.15) is 0 Å². The predicted molar refractivity (Wildman–Crippen MR) is 77.1 cm³/mol. The fourth-order valence-electron chi connectivity index (χ4n) is 2.28. The SMILES string of the molecule is CCc1ccccc1C(OCCO)c1ccccc1. The molecule has 0 aliphatic carbocycles. The Hall–Kier alpha value is -1.64. The third kappa shape index (κ3) is 3.43. The Morgan fingerprint density at radius 1 is 1.00 bits per heavy atom. The number of benzene rings is 2. The minimum Gasteiger partial charge on any atom is -0.394 e. The van der Waals surface area contributed by atoms with Crippen molar-refractivity contribution in [3.05, 3.63) is 71.3 Å². The number of aliphatic hydroxyl groups excluding tert-OH is 1. The summed E-state index contributed by atoms with van der Waals surface area (Å²) in [6.07, 6.45) is 0.867. The van der Waals surface area contributed by atoms with Crippen LogP contribution in [0, 0.1) is 0 Å². The maximum absolute atomic E-state index is 9.01. The van der Waals surface area contributed by atoms with Crippen molar-refractivity contribution in [2.45, 2.75) is 19.4 Å². The first-order chi connectivity index (χ1) is 9.36. The van der Waals surface area contributed by atoms with Crippen LogP contribution >= 0.6 is 0 Å². The summed E-state index contributed by atoms with van der Waals surface area (Å²) in [5.41, 5.74) is 3.59. The van der Waals surface area contributed by atoms with Crippen molar-refractivity contribution in [1.29, 1.82) is 0 Å². The lowest BCUT2D eigenvalue weighted by molar-refractivity contribution is 0.0497. The number of hydrogen-bond acceptors (Lipinski definition) is 2. The van der Waals surface area contributed by atoms with E-state index in [0.717, 1.165) is 12.0 Å². The molecule has 2 aromatic carbocycles. The third-order valence-corrected chi connectivity index (χ3v) is 3.20. The topological polar surface area (TPSA) is 29.5 Å². The van der Waals surface area contributed by atoms with Gasteiger partial charge < -0.3 is 9.84 Å². The number of aryl methyl sites for hydroxylation is 1. The Balaban J connectivity index is 2.37. The molecule has 1 unspecified atom stereocenters. The van der Waals surface area contributed by atoms with Crippen LogP contribution in [0.1, 0.15) is 29.7 Å². The second kappa shape index (κ2) is 7.07. The van der Waals surface area contributed by atoms with E-state index in [4.69, 9.17) is 9.84 Å². The molecule has 0 aliphatic rings. The van der Waals surface area contributed by atoms with Crippen LogP contribution in [0.3, 0.4) is 0 Å². The molecule has 0 bridgehead atoms. The van der Waals surface area contributed by atoms with Gasteiger partial charge in [0.25, 0.3) is 0 Å². The van der Waals surface area contributed by atoms with Gasteiger partial charge in [-0.05, 0) is 23.1 Å². The number of rotatable bonds is 6. The smallest absolute Gasteiger partial charge is 0.108 e. The molecule has 19 heavy (non-hydrogen) atoms. The summed E-state index contributed by atoms with van der Waals surface area (Å²) in [6, 6.07) is 18.5. The molecule has 2 heteroatoms. The van der Waals surface area contributed by atoms with Crippen molar-refractivity contribution >= 4 is 0 Å².